The molecular weight excluding hydrogens is 480 g/mol. The first kappa shape index (κ1) is 23.6. The number of hydrogen-bond acceptors (Lipinski definition) is 10. The van der Waals surface area contributed by atoms with Gasteiger partial charge in [-0.05, 0) is 37.0 Å². The predicted molar refractivity (Wildman–Crippen MR) is 128 cm³/mol. The lowest BCUT2D eigenvalue weighted by Crippen LogP contribution is -2.45. The Morgan fingerprint density at radius 1 is 1.32 bits per heavy atom. The van der Waals surface area contributed by atoms with Crippen LogP contribution < -0.4 is 10.1 Å². The number of nitrogens with one attached hydrogen (secondary N) is 1. The van der Waals surface area contributed by atoms with E-state index in [0.717, 1.165) is 24.2 Å². The van der Waals surface area contributed by atoms with Gasteiger partial charge in [-0.1, -0.05) is 41.6 Å². The summed E-state index contributed by atoms with van der Waals surface area (Å²) in [4.78, 5) is 9.26. The van der Waals surface area contributed by atoms with Gasteiger partial charge in [-0.15, -0.1) is 5.10 Å². The van der Waals surface area contributed by atoms with Crippen LogP contribution in [0.1, 0.15) is 44.1 Å². The van der Waals surface area contributed by atoms with Gasteiger partial charge in [0.15, 0.2) is 27.9 Å². The quantitative estimate of drug-likeness (QED) is 0.266. The van der Waals surface area contributed by atoms with Crippen molar-refractivity contribution >= 4 is 40.3 Å². The van der Waals surface area contributed by atoms with Crippen molar-refractivity contribution < 1.29 is 20.1 Å². The molecule has 2 fully saturated rings. The Kier molecular flexibility index (Phi) is 6.32. The zero-order valence-electron chi connectivity index (χ0n) is 18.8. The van der Waals surface area contributed by atoms with E-state index >= 15 is 0 Å². The lowest BCUT2D eigenvalue weighted by molar-refractivity contribution is -0.143. The van der Waals surface area contributed by atoms with Crippen LogP contribution in [0.25, 0.3) is 11.2 Å². The topological polar surface area (TPSA) is 138 Å². The van der Waals surface area contributed by atoms with Crippen molar-refractivity contribution in [2.75, 3.05) is 18.2 Å². The monoisotopic (exact) mass is 506 g/mol. The van der Waals surface area contributed by atoms with E-state index in [-0.39, 0.29) is 24.8 Å². The normalized spacial score (nSPS) is 28.4. The van der Waals surface area contributed by atoms with Gasteiger partial charge in [0, 0.05) is 24.1 Å². The molecule has 10 nitrogen and oxygen atoms in total. The minimum atomic E-state index is -1.78. The molecule has 34 heavy (non-hydrogen) atoms. The number of anilines is 1. The lowest BCUT2D eigenvalue weighted by atomic mass is 10.1. The SMILES string of the molecule is CCCSc1nc(NC2CC2c2ccc(OC)c(Cl)c2)c2nnn([C@@]3(O)CC[C@@H](O)[C@H]3O)c2n1. The Labute approximate surface area is 205 Å². The summed E-state index contributed by atoms with van der Waals surface area (Å²) in [7, 11) is 1.59. The maximum atomic E-state index is 11.1. The van der Waals surface area contributed by atoms with Gasteiger partial charge >= 0.3 is 0 Å². The van der Waals surface area contributed by atoms with Gasteiger partial charge in [-0.2, -0.15) is 4.68 Å². The van der Waals surface area contributed by atoms with Crippen molar-refractivity contribution in [3.05, 3.63) is 28.8 Å². The Balaban J connectivity index is 1.46. The summed E-state index contributed by atoms with van der Waals surface area (Å²) in [5.74, 6) is 2.25. The molecule has 0 spiro atoms. The van der Waals surface area contributed by atoms with Gasteiger partial charge in [0.2, 0.25) is 0 Å². The molecule has 1 aromatic carbocycles. The first-order valence-corrected chi connectivity index (χ1v) is 12.7. The Bertz CT molecular complexity index is 1210. The first-order valence-electron chi connectivity index (χ1n) is 11.3. The zero-order valence-corrected chi connectivity index (χ0v) is 20.4. The summed E-state index contributed by atoms with van der Waals surface area (Å²) >= 11 is 7.80. The van der Waals surface area contributed by atoms with Gasteiger partial charge in [-0.3, -0.25) is 0 Å². The molecule has 2 aliphatic carbocycles. The highest BCUT2D eigenvalue weighted by molar-refractivity contribution is 7.99. The molecule has 5 atom stereocenters. The van der Waals surface area contributed by atoms with Crippen molar-refractivity contribution in [3.63, 3.8) is 0 Å². The molecule has 2 saturated carbocycles. The summed E-state index contributed by atoms with van der Waals surface area (Å²) in [6.45, 7) is 2.07. The number of aliphatic hydroxyl groups excluding tert-OH is 2. The van der Waals surface area contributed by atoms with Gasteiger partial charge < -0.3 is 25.4 Å². The van der Waals surface area contributed by atoms with E-state index in [1.807, 2.05) is 18.2 Å². The number of thioether (sulfide) groups is 1. The van der Waals surface area contributed by atoms with Gasteiger partial charge in [0.05, 0.1) is 18.2 Å². The number of hydrogen-bond donors (Lipinski definition) is 4. The molecule has 2 unspecified atom stereocenters. The van der Waals surface area contributed by atoms with E-state index in [2.05, 4.69) is 32.5 Å². The van der Waals surface area contributed by atoms with Crippen molar-refractivity contribution in [1.82, 2.24) is 25.0 Å². The standard InChI is InChI=1S/C22H27ClN6O4S/c1-3-8-34-21-25-19(24-14-10-12(14)11-4-5-16(33-2)13(23)9-11)17-20(26-21)29(28-27-17)22(32)7-6-15(30)18(22)31/h4-5,9,12,14-15,18,30-32H,3,6-8,10H2,1-2H3,(H,24,25,26)/t12?,14?,15-,18-,22-/m1/s1. The molecule has 182 valence electrons. The summed E-state index contributed by atoms with van der Waals surface area (Å²) in [5.41, 5.74) is 0.0435. The van der Waals surface area contributed by atoms with Gasteiger partial charge in [0.1, 0.15) is 11.9 Å². The molecule has 2 heterocycles. The molecule has 2 aromatic heterocycles. The average molecular weight is 507 g/mol. The molecular formula is C22H27ClN6O4S. The average Bonchev–Trinajstić information content (AvgIpc) is 3.37. The largest absolute Gasteiger partial charge is 0.495 e. The maximum Gasteiger partial charge on any atom is 0.191 e. The highest BCUT2D eigenvalue weighted by Crippen LogP contribution is 2.45. The fourth-order valence-corrected chi connectivity index (χ4v) is 5.39. The van der Waals surface area contributed by atoms with Crippen LogP contribution in [0.5, 0.6) is 5.75 Å². The maximum absolute atomic E-state index is 11.1. The van der Waals surface area contributed by atoms with Crippen LogP contribution in [0.4, 0.5) is 5.82 Å². The molecule has 2 aliphatic rings. The predicted octanol–water partition coefficient (Wildman–Crippen LogP) is 2.51. The number of rotatable bonds is 8. The van der Waals surface area contributed by atoms with Crippen LogP contribution in [0.3, 0.4) is 0 Å². The van der Waals surface area contributed by atoms with Gasteiger partial charge in [0.25, 0.3) is 0 Å². The second kappa shape index (κ2) is 9.12. The summed E-state index contributed by atoms with van der Waals surface area (Å²) < 4.78 is 6.47. The third kappa shape index (κ3) is 4.09. The molecule has 4 N–H and O–H groups in total. The first-order chi connectivity index (χ1) is 16.4. The fourth-order valence-electron chi connectivity index (χ4n) is 4.43. The highest BCUT2D eigenvalue weighted by atomic mass is 35.5. The Morgan fingerprint density at radius 3 is 2.82 bits per heavy atom. The summed E-state index contributed by atoms with van der Waals surface area (Å²) in [6, 6.07) is 5.92. The lowest BCUT2D eigenvalue weighted by Gasteiger charge is -2.27. The molecule has 0 radical (unpaired) electrons. The van der Waals surface area contributed by atoms with Crippen LogP contribution in [0, 0.1) is 0 Å². The van der Waals surface area contributed by atoms with E-state index in [9.17, 15) is 15.3 Å². The molecule has 0 saturated heterocycles. The summed E-state index contributed by atoms with van der Waals surface area (Å²) in [5, 5.41) is 44.5. The van der Waals surface area contributed by atoms with Crippen LogP contribution in [-0.2, 0) is 5.72 Å². The Hall–Kier alpha value is -2.18. The van der Waals surface area contributed by atoms with Crippen molar-refractivity contribution in [1.29, 1.82) is 0 Å². The van der Waals surface area contributed by atoms with E-state index < -0.39 is 17.9 Å². The van der Waals surface area contributed by atoms with E-state index in [1.165, 1.54) is 16.4 Å². The number of methoxy groups -OCH3 is 1. The van der Waals surface area contributed by atoms with E-state index in [4.69, 9.17) is 16.3 Å². The Morgan fingerprint density at radius 2 is 2.15 bits per heavy atom. The van der Waals surface area contributed by atoms with Crippen molar-refractivity contribution in [2.24, 2.45) is 0 Å². The number of halogens is 1. The molecule has 0 bridgehead atoms. The highest BCUT2D eigenvalue weighted by Gasteiger charge is 2.50. The molecule has 12 heteroatoms. The van der Waals surface area contributed by atoms with E-state index in [0.29, 0.717) is 32.9 Å². The molecule has 5 rings (SSSR count). The van der Waals surface area contributed by atoms with Crippen molar-refractivity contribution in [3.8, 4) is 5.75 Å². The van der Waals surface area contributed by atoms with Crippen LogP contribution in [0.2, 0.25) is 5.02 Å². The number of benzene rings is 1. The number of aliphatic hydroxyl groups is 3. The number of ether oxygens (including phenoxy) is 1. The van der Waals surface area contributed by atoms with Crippen LogP contribution >= 0.6 is 23.4 Å². The van der Waals surface area contributed by atoms with Crippen molar-refractivity contribution in [2.45, 2.75) is 67.7 Å². The number of nitrogens with zero attached hydrogens (tertiary/aromatic N) is 5. The molecule has 0 amide bonds. The van der Waals surface area contributed by atoms with Gasteiger partial charge in [-0.25, -0.2) is 9.97 Å². The fraction of sp³-hybridized carbons (Fsp3) is 0.545. The summed E-state index contributed by atoms with van der Waals surface area (Å²) in [6.07, 6.45) is -0.190. The molecule has 3 aromatic rings. The minimum Gasteiger partial charge on any atom is -0.495 e. The number of aromatic nitrogens is 5. The third-order valence-corrected chi connectivity index (χ3v) is 7.79. The smallest absolute Gasteiger partial charge is 0.191 e. The zero-order chi connectivity index (χ0) is 24.0. The third-order valence-electron chi connectivity index (χ3n) is 6.44. The van der Waals surface area contributed by atoms with Crippen LogP contribution in [0.15, 0.2) is 23.4 Å². The van der Waals surface area contributed by atoms with E-state index in [1.54, 1.807) is 7.11 Å². The number of fused-ring (bicyclic) bond motifs is 1. The van der Waals surface area contributed by atoms with Crippen LogP contribution in [-0.4, -0.2) is 71.4 Å². The second-order valence-electron chi connectivity index (χ2n) is 8.79. The minimum absolute atomic E-state index is 0.124. The molecule has 0 aliphatic heterocycles. The second-order valence-corrected chi connectivity index (χ2v) is 10.3.